The average molecular weight is 645 g/mol. The molecule has 0 amide bonds. The van der Waals surface area contributed by atoms with Crippen LogP contribution in [0.2, 0.25) is 0 Å². The molecule has 50 heavy (non-hydrogen) atoms. The molecule has 4 heteroatoms. The van der Waals surface area contributed by atoms with Gasteiger partial charge in [0.25, 0.3) is 0 Å². The Morgan fingerprint density at radius 1 is 0.500 bits per heavy atom. The molecule has 3 aromatic heterocycles. The summed E-state index contributed by atoms with van der Waals surface area (Å²) in [6.07, 6.45) is 8.21. The number of nitrogens with zero attached hydrogens (tertiary/aromatic N) is 2. The quantitative estimate of drug-likeness (QED) is 0.180. The van der Waals surface area contributed by atoms with Gasteiger partial charge < -0.3 is 8.83 Å². The highest BCUT2D eigenvalue weighted by Crippen LogP contribution is 2.47. The first-order valence-corrected chi connectivity index (χ1v) is 17.8. The molecule has 0 radical (unpaired) electrons. The van der Waals surface area contributed by atoms with Crippen LogP contribution in [0, 0.1) is 0 Å². The molecule has 1 fully saturated rings. The minimum atomic E-state index is 0.519. The molecule has 0 bridgehead atoms. The second-order valence-corrected chi connectivity index (χ2v) is 13.9. The Kier molecular flexibility index (Phi) is 6.00. The van der Waals surface area contributed by atoms with Gasteiger partial charge in [0.2, 0.25) is 0 Å². The van der Waals surface area contributed by atoms with Gasteiger partial charge in [-0.25, -0.2) is 4.98 Å². The average Bonchev–Trinajstić information content (AvgIpc) is 3.77. The van der Waals surface area contributed by atoms with Gasteiger partial charge >= 0.3 is 0 Å². The highest BCUT2D eigenvalue weighted by atomic mass is 16.3. The Morgan fingerprint density at radius 2 is 1.18 bits per heavy atom. The van der Waals surface area contributed by atoms with Crippen molar-refractivity contribution >= 4 is 76.5 Å². The summed E-state index contributed by atoms with van der Waals surface area (Å²) in [4.78, 5) is 10.3. The van der Waals surface area contributed by atoms with Gasteiger partial charge in [-0.3, -0.25) is 4.98 Å². The number of furan rings is 2. The van der Waals surface area contributed by atoms with Gasteiger partial charge in [-0.1, -0.05) is 122 Å². The van der Waals surface area contributed by atoms with Crippen LogP contribution in [-0.2, 0) is 0 Å². The fourth-order valence-electron chi connectivity index (χ4n) is 8.72. The van der Waals surface area contributed by atoms with Gasteiger partial charge in [-0.2, -0.15) is 0 Å². The van der Waals surface area contributed by atoms with Crippen LogP contribution < -0.4 is 0 Å². The normalized spacial score (nSPS) is 14.3. The number of para-hydroxylation sites is 2. The Labute approximate surface area is 288 Å². The van der Waals surface area contributed by atoms with Crippen molar-refractivity contribution in [3.63, 3.8) is 0 Å². The number of fused-ring (bicyclic) bond motifs is 13. The van der Waals surface area contributed by atoms with Crippen molar-refractivity contribution in [3.8, 4) is 22.4 Å². The third-order valence-corrected chi connectivity index (χ3v) is 11.1. The molecule has 1 saturated carbocycles. The summed E-state index contributed by atoms with van der Waals surface area (Å²) in [6, 6.07) is 43.0. The smallest absolute Gasteiger partial charge is 0.147 e. The topological polar surface area (TPSA) is 52.1 Å². The molecule has 0 atom stereocenters. The van der Waals surface area contributed by atoms with E-state index >= 15 is 0 Å². The van der Waals surface area contributed by atoms with Gasteiger partial charge in [-0.15, -0.1) is 0 Å². The Morgan fingerprint density at radius 3 is 2.00 bits per heavy atom. The van der Waals surface area contributed by atoms with Crippen molar-refractivity contribution in [1.29, 1.82) is 0 Å². The summed E-state index contributed by atoms with van der Waals surface area (Å²) in [5, 5.41) is 9.01. The second-order valence-electron chi connectivity index (χ2n) is 13.9. The molecular weight excluding hydrogens is 613 g/mol. The molecule has 10 aromatic rings. The lowest BCUT2D eigenvalue weighted by molar-refractivity contribution is 0.442. The molecule has 11 rings (SSSR count). The molecule has 3 heterocycles. The number of rotatable bonds is 3. The summed E-state index contributed by atoms with van der Waals surface area (Å²) in [5.74, 6) is 0.519. The van der Waals surface area contributed by atoms with Crippen molar-refractivity contribution in [3.05, 3.63) is 133 Å². The first-order valence-electron chi connectivity index (χ1n) is 17.8. The molecule has 0 saturated heterocycles. The molecule has 238 valence electrons. The zero-order chi connectivity index (χ0) is 32.8. The van der Waals surface area contributed by atoms with E-state index in [1.165, 1.54) is 48.4 Å². The zero-order valence-electron chi connectivity index (χ0n) is 27.4. The molecule has 7 aromatic carbocycles. The molecule has 4 nitrogen and oxygen atoms in total. The van der Waals surface area contributed by atoms with E-state index in [-0.39, 0.29) is 0 Å². The predicted molar refractivity (Wildman–Crippen MR) is 206 cm³/mol. The lowest BCUT2D eigenvalue weighted by Crippen LogP contribution is -2.04. The van der Waals surface area contributed by atoms with Crippen molar-refractivity contribution in [2.45, 2.75) is 38.0 Å². The summed E-state index contributed by atoms with van der Waals surface area (Å²) in [7, 11) is 0. The monoisotopic (exact) mass is 644 g/mol. The molecule has 0 unspecified atom stereocenters. The van der Waals surface area contributed by atoms with E-state index in [2.05, 4.69) is 115 Å². The van der Waals surface area contributed by atoms with E-state index in [0.717, 1.165) is 88.1 Å². The molecule has 1 aliphatic carbocycles. The van der Waals surface area contributed by atoms with E-state index in [4.69, 9.17) is 18.8 Å². The third kappa shape index (κ3) is 4.05. The summed E-state index contributed by atoms with van der Waals surface area (Å²) >= 11 is 0. The fourth-order valence-corrected chi connectivity index (χ4v) is 8.72. The van der Waals surface area contributed by atoms with Crippen molar-refractivity contribution in [2.24, 2.45) is 0 Å². The highest BCUT2D eigenvalue weighted by Gasteiger charge is 2.25. The minimum Gasteiger partial charge on any atom is -0.455 e. The SMILES string of the molecule is c1cc(-c2cnc3c4ccccc4c4ccccc4c3n2)cc(-c2cc3c4ccccc4oc3c3c2oc2c(C4CCCCC4)cccc23)c1. The Balaban J connectivity index is 1.16. The number of benzene rings is 7. The second kappa shape index (κ2) is 10.8. The lowest BCUT2D eigenvalue weighted by atomic mass is 9.83. The summed E-state index contributed by atoms with van der Waals surface area (Å²) in [6.45, 7) is 0. The van der Waals surface area contributed by atoms with E-state index < -0.39 is 0 Å². The van der Waals surface area contributed by atoms with Crippen molar-refractivity contribution in [2.75, 3.05) is 0 Å². The number of hydrogen-bond acceptors (Lipinski definition) is 4. The van der Waals surface area contributed by atoms with Crippen LogP contribution in [0.1, 0.15) is 43.6 Å². The minimum absolute atomic E-state index is 0.519. The Bertz CT molecular complexity index is 2940. The van der Waals surface area contributed by atoms with E-state index in [1.807, 2.05) is 12.3 Å². The lowest BCUT2D eigenvalue weighted by Gasteiger charge is -2.21. The van der Waals surface area contributed by atoms with Gasteiger partial charge in [0.15, 0.2) is 0 Å². The first kappa shape index (κ1) is 27.9. The van der Waals surface area contributed by atoms with Crippen LogP contribution in [0.3, 0.4) is 0 Å². The van der Waals surface area contributed by atoms with Crippen LogP contribution in [0.4, 0.5) is 0 Å². The van der Waals surface area contributed by atoms with Crippen molar-refractivity contribution in [1.82, 2.24) is 9.97 Å². The molecule has 0 N–H and O–H groups in total. The highest BCUT2D eigenvalue weighted by molar-refractivity contribution is 6.26. The van der Waals surface area contributed by atoms with E-state index in [9.17, 15) is 0 Å². The maximum absolute atomic E-state index is 7.03. The van der Waals surface area contributed by atoms with Gasteiger partial charge in [0, 0.05) is 38.1 Å². The molecular formula is C46H32N2O2. The summed E-state index contributed by atoms with van der Waals surface area (Å²) < 4.78 is 13.7. The Hall–Kier alpha value is -6.00. The maximum atomic E-state index is 7.03. The van der Waals surface area contributed by atoms with Crippen molar-refractivity contribution < 1.29 is 8.83 Å². The fraction of sp³-hybridized carbons (Fsp3) is 0.130. The van der Waals surface area contributed by atoms with Crippen LogP contribution in [0.25, 0.3) is 98.8 Å². The van der Waals surface area contributed by atoms with Gasteiger partial charge in [0.1, 0.15) is 22.3 Å². The number of aromatic nitrogens is 2. The van der Waals surface area contributed by atoms with Crippen LogP contribution >= 0.6 is 0 Å². The largest absolute Gasteiger partial charge is 0.455 e. The van der Waals surface area contributed by atoms with E-state index in [0.29, 0.717) is 5.92 Å². The van der Waals surface area contributed by atoms with Crippen LogP contribution in [-0.4, -0.2) is 9.97 Å². The van der Waals surface area contributed by atoms with Crippen LogP contribution in [0.15, 0.2) is 136 Å². The van der Waals surface area contributed by atoms with Gasteiger partial charge in [-0.05, 0) is 58.9 Å². The summed E-state index contributed by atoms with van der Waals surface area (Å²) in [5.41, 5.74) is 10.8. The van der Waals surface area contributed by atoms with Gasteiger partial charge in [0.05, 0.1) is 28.3 Å². The first-order chi connectivity index (χ1) is 24.8. The van der Waals surface area contributed by atoms with E-state index in [1.54, 1.807) is 0 Å². The third-order valence-electron chi connectivity index (χ3n) is 11.1. The standard InChI is InChI=1S/C46H32N2O2/c1-2-12-27(13-3-1)30-21-11-22-36-41-45(50-44(30)36)37(25-38-33-18-8-9-23-40(33)49-46(38)41)28-14-10-15-29(24-28)39-26-47-42-34-19-6-4-16-31(34)32-17-5-7-20-35(32)43(42)48-39/h4-11,14-27H,1-3,12-13H2. The molecule has 0 spiro atoms. The predicted octanol–water partition coefficient (Wildman–Crippen LogP) is 13.1. The molecule has 1 aliphatic rings. The van der Waals surface area contributed by atoms with Crippen LogP contribution in [0.5, 0.6) is 0 Å². The maximum Gasteiger partial charge on any atom is 0.147 e. The number of hydrogen-bond donors (Lipinski definition) is 0. The molecule has 0 aliphatic heterocycles. The zero-order valence-corrected chi connectivity index (χ0v) is 27.4.